The second-order valence-corrected chi connectivity index (χ2v) is 17.9. The third kappa shape index (κ3) is 13.9. The fraction of sp³-hybridized carbons (Fsp3) is 0.588. The maximum Gasteiger partial charge on any atom is 0.417 e. The Morgan fingerprint density at radius 1 is 1.12 bits per heavy atom. The molecule has 64 heavy (non-hydrogen) atoms. The summed E-state index contributed by atoms with van der Waals surface area (Å²) in [6, 6.07) is 5.90. The minimum absolute atomic E-state index is 0.00623. The van der Waals surface area contributed by atoms with Crippen molar-refractivity contribution in [3.8, 4) is 6.07 Å². The molecule has 0 spiro atoms. The number of hydrogen-bond acceptors (Lipinski definition) is 8. The second kappa shape index (κ2) is 26.1. The lowest BCUT2D eigenvalue weighted by atomic mass is 9.83. The number of nitriles is 1. The molecule has 3 heterocycles. The van der Waals surface area contributed by atoms with Crippen LogP contribution in [-0.2, 0) is 9.53 Å². The van der Waals surface area contributed by atoms with Crippen LogP contribution in [0.4, 0.5) is 22.0 Å². The number of benzene rings is 1. The number of carbonyl (C=O) groups excluding carboxylic acids is 1. The Morgan fingerprint density at radius 3 is 2.25 bits per heavy atom. The highest BCUT2D eigenvalue weighted by molar-refractivity contribution is 7.19. The molecule has 2 saturated heterocycles. The number of carbonyl (C=O) groups is 1. The molecule has 5 unspecified atom stereocenters. The number of likely N-dealkylation sites (N-methyl/N-ethyl adjacent to an activating group) is 1. The monoisotopic (exact) mass is 916 g/mol. The first-order valence-electron chi connectivity index (χ1n) is 22.9. The number of nitrogens with one attached hydrogen (secondary N) is 1. The van der Waals surface area contributed by atoms with Crippen LogP contribution in [0.5, 0.6) is 0 Å². The van der Waals surface area contributed by atoms with Crippen molar-refractivity contribution in [1.82, 2.24) is 15.1 Å². The van der Waals surface area contributed by atoms with E-state index in [-0.39, 0.29) is 62.0 Å². The lowest BCUT2D eigenvalue weighted by Gasteiger charge is -2.38. The Bertz CT molecular complexity index is 2060. The first kappa shape index (κ1) is 56.0. The molecule has 356 valence electrons. The highest BCUT2D eigenvalue weighted by Crippen LogP contribution is 2.49. The fourth-order valence-electron chi connectivity index (χ4n) is 8.40. The first-order valence-corrected chi connectivity index (χ1v) is 23.7. The van der Waals surface area contributed by atoms with E-state index in [1.807, 2.05) is 39.5 Å². The molecule has 0 saturated carbocycles. The predicted octanol–water partition coefficient (Wildman–Crippen LogP) is 13.8. The fourth-order valence-corrected chi connectivity index (χ4v) is 9.72. The summed E-state index contributed by atoms with van der Waals surface area (Å²) in [5.74, 6) is -1.65. The standard InChI is InChI=1S/C37H46F5N3OS.C8H16N2.C4H6O.C2H6/c1-11-21(6)14-17-30(20(4)5)45(13-3)23(8)26-18-28(37(40,41)42)32(33(39)34(26)44-24(9)46-10)25-15-16-29(38)36-31(25)27(19-43)35(47-36)22(7)12-2;1-9-7-5-8-3-2-4-10(8)6-7;1-3-4(2)5;1-2/h15-16,18,20-22,30H,9,11-14,17H2,1-8,10H3;7-9H,2-6H2,1H3;3H,1H2,2H3;1-2H3/b26-23+,44-34+;;;. The van der Waals surface area contributed by atoms with Crippen LogP contribution < -0.4 is 5.32 Å². The van der Waals surface area contributed by atoms with E-state index in [0.717, 1.165) is 60.9 Å². The smallest absolute Gasteiger partial charge is 0.417 e. The quantitative estimate of drug-likeness (QED) is 0.109. The zero-order chi connectivity index (χ0) is 48.6. The summed E-state index contributed by atoms with van der Waals surface area (Å²) < 4.78 is 82.7. The molecule has 1 aromatic heterocycles. The normalized spacial score (nSPS) is 20.1. The Balaban J connectivity index is 0.000000687. The topological polar surface area (TPSA) is 81.0 Å². The summed E-state index contributed by atoms with van der Waals surface area (Å²) in [7, 11) is 3.37. The van der Waals surface area contributed by atoms with Crippen molar-refractivity contribution in [2.24, 2.45) is 16.8 Å². The van der Waals surface area contributed by atoms with Crippen LogP contribution in [0, 0.1) is 29.0 Å². The van der Waals surface area contributed by atoms with Crippen LogP contribution in [-0.4, -0.2) is 79.4 Å². The van der Waals surface area contributed by atoms with E-state index < -0.39 is 29.0 Å². The minimum Gasteiger partial charge on any atom is -0.481 e. The highest BCUT2D eigenvalue weighted by Gasteiger charge is 2.44. The van der Waals surface area contributed by atoms with Gasteiger partial charge in [-0.1, -0.05) is 74.5 Å². The molecule has 0 amide bonds. The Kier molecular flexibility index (Phi) is 22.9. The summed E-state index contributed by atoms with van der Waals surface area (Å²) in [6.45, 7) is 31.3. The molecule has 2 fully saturated rings. The molecule has 2 aromatic rings. The van der Waals surface area contributed by atoms with Gasteiger partial charge >= 0.3 is 6.18 Å². The lowest BCUT2D eigenvalue weighted by molar-refractivity contribution is -0.112. The second-order valence-electron chi connectivity index (χ2n) is 16.9. The number of alkyl halides is 3. The van der Waals surface area contributed by atoms with E-state index in [2.05, 4.69) is 69.2 Å². The molecule has 13 heteroatoms. The summed E-state index contributed by atoms with van der Waals surface area (Å²) in [5, 5.41) is 13.5. The average molecular weight is 916 g/mol. The van der Waals surface area contributed by atoms with Crippen LogP contribution in [0.25, 0.3) is 15.7 Å². The number of halogens is 5. The van der Waals surface area contributed by atoms with Gasteiger partial charge in [-0.2, -0.15) is 18.4 Å². The molecule has 0 bridgehead atoms. The zero-order valence-corrected chi connectivity index (χ0v) is 41.5. The van der Waals surface area contributed by atoms with E-state index in [9.17, 15) is 10.1 Å². The van der Waals surface area contributed by atoms with Gasteiger partial charge in [0.1, 0.15) is 17.6 Å². The van der Waals surface area contributed by atoms with Crippen LogP contribution in [0.15, 0.2) is 71.0 Å². The summed E-state index contributed by atoms with van der Waals surface area (Å²) in [6.07, 6.45) is 4.83. The number of fused-ring (bicyclic) bond motifs is 2. The van der Waals surface area contributed by atoms with Crippen LogP contribution in [0.1, 0.15) is 143 Å². The largest absolute Gasteiger partial charge is 0.481 e. The zero-order valence-electron chi connectivity index (χ0n) is 40.7. The number of hydrogen-bond donors (Lipinski definition) is 1. The lowest BCUT2D eigenvalue weighted by Crippen LogP contribution is -2.39. The molecule has 1 aliphatic carbocycles. The maximum atomic E-state index is 17.1. The molecule has 0 radical (unpaired) electrons. The molecule has 1 aromatic carbocycles. The summed E-state index contributed by atoms with van der Waals surface area (Å²) >= 11 is 1.01. The summed E-state index contributed by atoms with van der Waals surface area (Å²) in [5.41, 5.74) is -2.19. The molecule has 2 aliphatic heterocycles. The SMILES string of the molecule is C=C(/N=C1/C(F)=C(c2ccc(F)c3sc(C(C)CC)c(C#N)c23)C(C(F)(F)F)=C/C1=C(/C)N(CC)C(CCC(C)CC)C(C)C)OC.C=CC(C)=O.CC.CNC1CC2CCCN2C1. The van der Waals surface area contributed by atoms with Crippen LogP contribution >= 0.6 is 11.3 Å². The van der Waals surface area contributed by atoms with Gasteiger partial charge in [0.15, 0.2) is 11.6 Å². The Morgan fingerprint density at radius 2 is 1.77 bits per heavy atom. The van der Waals surface area contributed by atoms with Gasteiger partial charge in [0, 0.05) is 58.3 Å². The van der Waals surface area contributed by atoms with Crippen LogP contribution in [0.2, 0.25) is 0 Å². The van der Waals surface area contributed by atoms with Crippen molar-refractivity contribution in [2.75, 3.05) is 33.8 Å². The number of rotatable bonds is 15. The third-order valence-electron chi connectivity index (χ3n) is 12.5. The third-order valence-corrected chi connectivity index (χ3v) is 13.9. The van der Waals surface area contributed by atoms with E-state index in [4.69, 9.17) is 4.74 Å². The summed E-state index contributed by atoms with van der Waals surface area (Å²) in [4.78, 5) is 19.1. The minimum atomic E-state index is -5.00. The molecule has 5 atom stereocenters. The van der Waals surface area contributed by atoms with Gasteiger partial charge in [-0.05, 0) is 121 Å². The number of ketones is 1. The number of allylic oxidation sites excluding steroid dienone is 7. The van der Waals surface area contributed by atoms with Crippen molar-refractivity contribution >= 4 is 38.5 Å². The molecule has 3 aliphatic rings. The van der Waals surface area contributed by atoms with Crippen molar-refractivity contribution < 1.29 is 31.5 Å². The van der Waals surface area contributed by atoms with Gasteiger partial charge < -0.3 is 15.0 Å². The van der Waals surface area contributed by atoms with Crippen molar-refractivity contribution in [3.05, 3.63) is 87.8 Å². The van der Waals surface area contributed by atoms with Gasteiger partial charge in [-0.3, -0.25) is 9.69 Å². The Labute approximate surface area is 384 Å². The van der Waals surface area contributed by atoms with Gasteiger partial charge in [0.05, 0.1) is 22.9 Å². The van der Waals surface area contributed by atoms with E-state index in [0.29, 0.717) is 29.5 Å². The molecular weight excluding hydrogens is 842 g/mol. The van der Waals surface area contributed by atoms with Crippen molar-refractivity contribution in [3.63, 3.8) is 0 Å². The molecule has 7 nitrogen and oxygen atoms in total. The van der Waals surface area contributed by atoms with E-state index in [1.54, 1.807) is 6.92 Å². The molecular formula is C51H74F5N5O2S. The number of nitrogens with zero attached hydrogens (tertiary/aromatic N) is 4. The predicted molar refractivity (Wildman–Crippen MR) is 258 cm³/mol. The van der Waals surface area contributed by atoms with Crippen LogP contribution in [0.3, 0.4) is 0 Å². The Hall–Kier alpha value is -4.12. The van der Waals surface area contributed by atoms with Gasteiger partial charge in [-0.15, -0.1) is 11.3 Å². The van der Waals surface area contributed by atoms with Crippen molar-refractivity contribution in [2.45, 2.75) is 151 Å². The highest BCUT2D eigenvalue weighted by atomic mass is 32.1. The number of ether oxygens (including phenoxy) is 1. The molecule has 5 rings (SSSR count). The first-order chi connectivity index (χ1) is 30.2. The van der Waals surface area contributed by atoms with E-state index in [1.165, 1.54) is 52.5 Å². The molecule has 1 N–H and O–H groups in total. The van der Waals surface area contributed by atoms with Crippen molar-refractivity contribution in [1.29, 1.82) is 5.26 Å². The average Bonchev–Trinajstić information content (AvgIpc) is 4.01. The number of thiophene rings is 1. The maximum absolute atomic E-state index is 17.1. The number of aliphatic imine (C=N–C) groups is 1. The van der Waals surface area contributed by atoms with Gasteiger partial charge in [-0.25, -0.2) is 13.8 Å². The van der Waals surface area contributed by atoms with E-state index >= 15 is 22.0 Å². The van der Waals surface area contributed by atoms with Gasteiger partial charge in [0.2, 0.25) is 5.88 Å². The number of methoxy groups -OCH3 is 1. The van der Waals surface area contributed by atoms with Gasteiger partial charge in [0.25, 0.3) is 0 Å².